The van der Waals surface area contributed by atoms with E-state index >= 15 is 0 Å². The highest BCUT2D eigenvalue weighted by atomic mass is 16.6. The second kappa shape index (κ2) is 58.4. The Morgan fingerprint density at radius 3 is 0.887 bits per heavy atom. The fourth-order valence-corrected chi connectivity index (χ4v) is 7.60. The maximum atomic E-state index is 12.8. The van der Waals surface area contributed by atoms with Crippen molar-refractivity contribution in [1.82, 2.24) is 0 Å². The highest BCUT2D eigenvalue weighted by Gasteiger charge is 2.19. The maximum Gasteiger partial charge on any atom is 0.306 e. The average molecular weight is 984 g/mol. The van der Waals surface area contributed by atoms with Gasteiger partial charge in [-0.05, 0) is 116 Å². The van der Waals surface area contributed by atoms with Crippen molar-refractivity contribution < 1.29 is 28.6 Å². The summed E-state index contributed by atoms with van der Waals surface area (Å²) in [4.78, 5) is 37.9. The van der Waals surface area contributed by atoms with Crippen molar-refractivity contribution in [2.24, 2.45) is 0 Å². The maximum absolute atomic E-state index is 12.8. The van der Waals surface area contributed by atoms with Gasteiger partial charge in [-0.15, -0.1) is 0 Å². The van der Waals surface area contributed by atoms with Crippen molar-refractivity contribution in [3.05, 3.63) is 122 Å². The predicted molar refractivity (Wildman–Crippen MR) is 306 cm³/mol. The van der Waals surface area contributed by atoms with Crippen molar-refractivity contribution in [3.8, 4) is 0 Å². The topological polar surface area (TPSA) is 78.9 Å². The molecule has 402 valence electrons. The zero-order chi connectivity index (χ0) is 51.4. The second-order valence-corrected chi connectivity index (χ2v) is 18.8. The summed E-state index contributed by atoms with van der Waals surface area (Å²) in [6.07, 6.45) is 80.7. The summed E-state index contributed by atoms with van der Waals surface area (Å²) in [6.45, 7) is 6.43. The minimum absolute atomic E-state index is 0.0884. The van der Waals surface area contributed by atoms with E-state index in [1.165, 1.54) is 64.2 Å². The molecule has 0 saturated heterocycles. The lowest BCUT2D eigenvalue weighted by Crippen LogP contribution is -2.30. The van der Waals surface area contributed by atoms with Gasteiger partial charge in [-0.25, -0.2) is 0 Å². The Morgan fingerprint density at radius 1 is 0.296 bits per heavy atom. The normalized spacial score (nSPS) is 13.0. The summed E-state index contributed by atoms with van der Waals surface area (Å²) in [5.41, 5.74) is 0. The first kappa shape index (κ1) is 66.8. The van der Waals surface area contributed by atoms with Crippen LogP contribution in [0.25, 0.3) is 0 Å². The molecule has 0 aromatic rings. The van der Waals surface area contributed by atoms with Crippen molar-refractivity contribution in [2.45, 2.75) is 258 Å². The number of allylic oxidation sites excluding steroid dienone is 20. The molecule has 0 aromatic heterocycles. The molecule has 0 N–H and O–H groups in total. The number of carbonyl (C=O) groups is 3. The SMILES string of the molecule is CC/C=C\C/C=C\C/C=C\C/C=C\C/C=C\C/C=C\C/C=C\C/C=C\C/C=C\CCCCCCCC(=O)OCC(COC(=O)CCCCCCCCC)OC(=O)CCCCCCC/C=C\CCCCCC. The Bertz CT molecular complexity index is 1500. The molecule has 0 heterocycles. The van der Waals surface area contributed by atoms with Gasteiger partial charge in [0.05, 0.1) is 0 Å². The lowest BCUT2D eigenvalue weighted by molar-refractivity contribution is -0.167. The van der Waals surface area contributed by atoms with Crippen LogP contribution < -0.4 is 0 Å². The Morgan fingerprint density at radius 2 is 0.549 bits per heavy atom. The van der Waals surface area contributed by atoms with E-state index < -0.39 is 6.10 Å². The standard InChI is InChI=1S/C65H106O6/c1-4-7-10-13-16-18-20-22-23-24-25-26-27-28-29-30-31-32-33-34-35-36-37-38-39-40-41-43-44-46-49-52-55-58-64(67)70-61-62(60-69-63(66)57-54-51-48-15-12-9-6-3)71-65(68)59-56-53-50-47-45-42-21-19-17-14-11-8-5-2/h7,10,16,18-19,21-23,25-26,28-29,31-32,34-35,37-38,40-41,62H,4-6,8-9,11-15,17,20,24,27,30,33,36,39,42-61H2,1-3H3/b10-7-,18-16-,21-19-,23-22-,26-25-,29-28-,32-31-,35-34-,38-37-,41-40-. The van der Waals surface area contributed by atoms with Crippen molar-refractivity contribution in [2.75, 3.05) is 13.2 Å². The number of rotatable bonds is 51. The summed E-state index contributed by atoms with van der Waals surface area (Å²) < 4.78 is 16.7. The minimum Gasteiger partial charge on any atom is -0.462 e. The van der Waals surface area contributed by atoms with E-state index in [1.54, 1.807) is 0 Å². The van der Waals surface area contributed by atoms with E-state index in [2.05, 4.69) is 142 Å². The van der Waals surface area contributed by atoms with Gasteiger partial charge in [0.25, 0.3) is 0 Å². The molecule has 0 bridgehead atoms. The molecule has 71 heavy (non-hydrogen) atoms. The third-order valence-corrected chi connectivity index (χ3v) is 12.0. The van der Waals surface area contributed by atoms with Gasteiger partial charge in [0.1, 0.15) is 13.2 Å². The van der Waals surface area contributed by atoms with E-state index in [9.17, 15) is 14.4 Å². The molecule has 0 saturated carbocycles. The van der Waals surface area contributed by atoms with Gasteiger partial charge in [-0.2, -0.15) is 0 Å². The van der Waals surface area contributed by atoms with E-state index in [0.29, 0.717) is 19.3 Å². The highest BCUT2D eigenvalue weighted by molar-refractivity contribution is 5.71. The Labute approximate surface area is 437 Å². The minimum atomic E-state index is -0.789. The molecule has 0 fully saturated rings. The Hall–Kier alpha value is -4.19. The molecule has 0 aliphatic heterocycles. The molecule has 0 rings (SSSR count). The van der Waals surface area contributed by atoms with Crippen molar-refractivity contribution in [3.63, 3.8) is 0 Å². The lowest BCUT2D eigenvalue weighted by Gasteiger charge is -2.18. The van der Waals surface area contributed by atoms with Crippen LogP contribution in [0.4, 0.5) is 0 Å². The summed E-state index contributed by atoms with van der Waals surface area (Å²) in [5, 5.41) is 0. The molecule has 0 aromatic carbocycles. The molecule has 6 nitrogen and oxygen atoms in total. The molecule has 0 aliphatic rings. The largest absolute Gasteiger partial charge is 0.462 e. The molecule has 0 aliphatic carbocycles. The quantitative estimate of drug-likeness (QED) is 0.0261. The molecular formula is C65H106O6. The Kier molecular flexibility index (Phi) is 54.9. The number of esters is 3. The second-order valence-electron chi connectivity index (χ2n) is 18.8. The smallest absolute Gasteiger partial charge is 0.306 e. The van der Waals surface area contributed by atoms with Crippen LogP contribution in [0.2, 0.25) is 0 Å². The highest BCUT2D eigenvalue weighted by Crippen LogP contribution is 2.13. The van der Waals surface area contributed by atoms with Gasteiger partial charge in [0.2, 0.25) is 0 Å². The predicted octanol–water partition coefficient (Wildman–Crippen LogP) is 19.6. The van der Waals surface area contributed by atoms with Gasteiger partial charge in [0.15, 0.2) is 6.10 Å². The third-order valence-electron chi connectivity index (χ3n) is 12.0. The van der Waals surface area contributed by atoms with Crippen LogP contribution in [-0.4, -0.2) is 37.2 Å². The van der Waals surface area contributed by atoms with Crippen molar-refractivity contribution >= 4 is 17.9 Å². The van der Waals surface area contributed by atoms with Crippen LogP contribution in [0, 0.1) is 0 Å². The number of ether oxygens (including phenoxy) is 3. The summed E-state index contributed by atoms with van der Waals surface area (Å²) in [7, 11) is 0. The zero-order valence-corrected chi connectivity index (χ0v) is 45.9. The van der Waals surface area contributed by atoms with Crippen LogP contribution in [0.1, 0.15) is 252 Å². The molecule has 0 amide bonds. The third kappa shape index (κ3) is 56.6. The van der Waals surface area contributed by atoms with Gasteiger partial charge >= 0.3 is 17.9 Å². The van der Waals surface area contributed by atoms with Gasteiger partial charge in [-0.3, -0.25) is 14.4 Å². The fraction of sp³-hybridized carbons (Fsp3) is 0.646. The van der Waals surface area contributed by atoms with E-state index in [-0.39, 0.29) is 31.1 Å². The van der Waals surface area contributed by atoms with Gasteiger partial charge < -0.3 is 14.2 Å². The van der Waals surface area contributed by atoms with Gasteiger partial charge in [-0.1, -0.05) is 239 Å². The number of unbranched alkanes of at least 4 members (excludes halogenated alkanes) is 20. The fourth-order valence-electron chi connectivity index (χ4n) is 7.60. The van der Waals surface area contributed by atoms with Crippen LogP contribution >= 0.6 is 0 Å². The van der Waals surface area contributed by atoms with Crippen LogP contribution in [0.3, 0.4) is 0 Å². The summed E-state index contributed by atoms with van der Waals surface area (Å²) >= 11 is 0. The first-order valence-electron chi connectivity index (χ1n) is 29.0. The first-order valence-corrected chi connectivity index (χ1v) is 29.0. The van der Waals surface area contributed by atoms with E-state index in [1.807, 2.05) is 0 Å². The van der Waals surface area contributed by atoms with Gasteiger partial charge in [0, 0.05) is 19.3 Å². The number of hydrogen-bond acceptors (Lipinski definition) is 6. The molecule has 1 atom stereocenters. The first-order chi connectivity index (χ1) is 35.0. The summed E-state index contributed by atoms with van der Waals surface area (Å²) in [5.74, 6) is -0.928. The molecule has 6 heteroatoms. The van der Waals surface area contributed by atoms with Crippen molar-refractivity contribution in [1.29, 1.82) is 0 Å². The number of carbonyl (C=O) groups excluding carboxylic acids is 3. The Balaban J connectivity index is 4.18. The summed E-state index contributed by atoms with van der Waals surface area (Å²) in [6, 6.07) is 0. The molecular weight excluding hydrogens is 877 g/mol. The van der Waals surface area contributed by atoms with Crippen LogP contribution in [0.15, 0.2) is 122 Å². The van der Waals surface area contributed by atoms with Crippen LogP contribution in [-0.2, 0) is 28.6 Å². The average Bonchev–Trinajstić information content (AvgIpc) is 3.37. The van der Waals surface area contributed by atoms with Crippen LogP contribution in [0.5, 0.6) is 0 Å². The molecule has 1 unspecified atom stereocenters. The molecule has 0 radical (unpaired) electrons. The van der Waals surface area contributed by atoms with E-state index in [0.717, 1.165) is 148 Å². The number of hydrogen-bond donors (Lipinski definition) is 0. The lowest BCUT2D eigenvalue weighted by atomic mass is 10.1. The monoisotopic (exact) mass is 983 g/mol. The zero-order valence-electron chi connectivity index (χ0n) is 45.9. The molecule has 0 spiro atoms. The van der Waals surface area contributed by atoms with E-state index in [4.69, 9.17) is 14.2 Å².